The van der Waals surface area contributed by atoms with E-state index in [9.17, 15) is 17.6 Å². The lowest BCUT2D eigenvalue weighted by Gasteiger charge is -2.24. The van der Waals surface area contributed by atoms with Crippen LogP contribution in [0.3, 0.4) is 0 Å². The maximum Gasteiger partial charge on any atom is 0.264 e. The highest BCUT2D eigenvalue weighted by molar-refractivity contribution is 7.98. The van der Waals surface area contributed by atoms with E-state index in [2.05, 4.69) is 5.32 Å². The van der Waals surface area contributed by atoms with Gasteiger partial charge in [-0.3, -0.25) is 9.10 Å². The summed E-state index contributed by atoms with van der Waals surface area (Å²) in [5.41, 5.74) is 0.185. The number of halogens is 1. The van der Waals surface area contributed by atoms with Crippen molar-refractivity contribution in [2.24, 2.45) is 0 Å². The Balaban J connectivity index is 1.68. The van der Waals surface area contributed by atoms with Crippen LogP contribution in [0, 0.1) is 5.82 Å². The van der Waals surface area contributed by atoms with Gasteiger partial charge in [-0.25, -0.2) is 12.8 Å². The normalized spacial score (nSPS) is 11.2. The number of carbonyl (C=O) groups excluding carboxylic acids is 1. The third-order valence-electron chi connectivity index (χ3n) is 4.44. The number of thioether (sulfide) groups is 1. The molecule has 0 bridgehead atoms. The molecule has 0 unspecified atom stereocenters. The first-order valence-corrected chi connectivity index (χ1v) is 12.3. The Hall–Kier alpha value is -2.98. The average molecular weight is 479 g/mol. The summed E-state index contributed by atoms with van der Waals surface area (Å²) < 4.78 is 51.2. The Morgan fingerprint density at radius 2 is 1.84 bits per heavy atom. The van der Waals surface area contributed by atoms with Gasteiger partial charge >= 0.3 is 0 Å². The number of sulfonamides is 1. The highest BCUT2D eigenvalue weighted by atomic mass is 32.2. The fourth-order valence-corrected chi connectivity index (χ4v) is 4.99. The number of benzene rings is 2. The summed E-state index contributed by atoms with van der Waals surface area (Å²) in [5.74, 6) is 1.68. The number of furan rings is 1. The number of amides is 1. The number of anilines is 1. The molecule has 7 nitrogen and oxygen atoms in total. The molecule has 170 valence electrons. The van der Waals surface area contributed by atoms with Gasteiger partial charge in [-0.1, -0.05) is 0 Å². The first-order valence-electron chi connectivity index (χ1n) is 9.69. The molecular formula is C22H23FN2O5S2. The molecule has 0 saturated heterocycles. The molecule has 1 N–H and O–H groups in total. The fraction of sp³-hybridized carbons (Fsp3) is 0.227. The average Bonchev–Trinajstić information content (AvgIpc) is 3.31. The Morgan fingerprint density at radius 1 is 1.12 bits per heavy atom. The zero-order valence-electron chi connectivity index (χ0n) is 17.4. The number of methoxy groups -OCH3 is 1. The van der Waals surface area contributed by atoms with E-state index in [1.54, 1.807) is 18.0 Å². The molecule has 3 aromatic rings. The smallest absolute Gasteiger partial charge is 0.264 e. The summed E-state index contributed by atoms with van der Waals surface area (Å²) in [6, 6.07) is 14.5. The van der Waals surface area contributed by atoms with Gasteiger partial charge in [-0.2, -0.15) is 11.8 Å². The molecule has 10 heteroatoms. The van der Waals surface area contributed by atoms with E-state index < -0.39 is 28.3 Å². The van der Waals surface area contributed by atoms with Crippen molar-refractivity contribution in [3.63, 3.8) is 0 Å². The maximum absolute atomic E-state index is 13.4. The molecule has 0 radical (unpaired) electrons. The van der Waals surface area contributed by atoms with E-state index >= 15 is 0 Å². The summed E-state index contributed by atoms with van der Waals surface area (Å²) in [6.45, 7) is -0.0765. The molecule has 1 amide bonds. The van der Waals surface area contributed by atoms with Crippen molar-refractivity contribution in [1.82, 2.24) is 5.32 Å². The number of nitrogens with zero attached hydrogens (tertiary/aromatic N) is 1. The molecule has 1 heterocycles. The van der Waals surface area contributed by atoms with Crippen LogP contribution in [0.25, 0.3) is 0 Å². The van der Waals surface area contributed by atoms with Gasteiger partial charge in [-0.05, 0) is 60.7 Å². The largest absolute Gasteiger partial charge is 0.497 e. The van der Waals surface area contributed by atoms with Crippen molar-refractivity contribution in [2.45, 2.75) is 10.6 Å². The summed E-state index contributed by atoms with van der Waals surface area (Å²) in [7, 11) is -2.60. The highest BCUT2D eigenvalue weighted by Crippen LogP contribution is 2.25. The molecule has 0 atom stereocenters. The van der Waals surface area contributed by atoms with Crippen molar-refractivity contribution < 1.29 is 26.8 Å². The second-order valence-electron chi connectivity index (χ2n) is 6.65. The van der Waals surface area contributed by atoms with Gasteiger partial charge in [0.25, 0.3) is 10.0 Å². The third kappa shape index (κ3) is 6.27. The van der Waals surface area contributed by atoms with Gasteiger partial charge in [0.1, 0.15) is 23.9 Å². The SMILES string of the molecule is COc1ccc(S(=O)(=O)N(CC(=O)NCCSCc2ccco2)c2ccc(F)cc2)cc1. The van der Waals surface area contributed by atoms with Crippen LogP contribution in [0.1, 0.15) is 5.76 Å². The Morgan fingerprint density at radius 3 is 2.47 bits per heavy atom. The quantitative estimate of drug-likeness (QED) is 0.423. The van der Waals surface area contributed by atoms with Crippen molar-refractivity contribution in [3.8, 4) is 5.75 Å². The summed E-state index contributed by atoms with van der Waals surface area (Å²) >= 11 is 1.58. The minimum absolute atomic E-state index is 0.00979. The van der Waals surface area contributed by atoms with Gasteiger partial charge in [0.05, 0.1) is 29.7 Å². The van der Waals surface area contributed by atoms with Gasteiger partial charge in [0.2, 0.25) is 5.91 Å². The van der Waals surface area contributed by atoms with Crippen LogP contribution < -0.4 is 14.4 Å². The molecule has 0 aliphatic carbocycles. The van der Waals surface area contributed by atoms with Gasteiger partial charge in [-0.15, -0.1) is 0 Å². The maximum atomic E-state index is 13.4. The fourth-order valence-electron chi connectivity index (χ4n) is 2.81. The molecule has 2 aromatic carbocycles. The molecule has 0 aliphatic rings. The topological polar surface area (TPSA) is 88.9 Å². The lowest BCUT2D eigenvalue weighted by Crippen LogP contribution is -2.41. The van der Waals surface area contributed by atoms with E-state index in [0.29, 0.717) is 23.8 Å². The monoisotopic (exact) mass is 478 g/mol. The number of hydrogen-bond donors (Lipinski definition) is 1. The molecule has 0 saturated carbocycles. The first kappa shape index (κ1) is 23.7. The second kappa shape index (κ2) is 11.1. The van der Waals surface area contributed by atoms with Crippen molar-refractivity contribution in [1.29, 1.82) is 0 Å². The van der Waals surface area contributed by atoms with Crippen molar-refractivity contribution >= 4 is 33.4 Å². The Bertz CT molecular complexity index is 1100. The number of ether oxygens (including phenoxy) is 1. The van der Waals surface area contributed by atoms with E-state index in [-0.39, 0.29) is 10.6 Å². The van der Waals surface area contributed by atoms with Gasteiger partial charge < -0.3 is 14.5 Å². The van der Waals surface area contributed by atoms with Crippen LogP contribution >= 0.6 is 11.8 Å². The second-order valence-corrected chi connectivity index (χ2v) is 9.61. The molecule has 0 spiro atoms. The van der Waals surface area contributed by atoms with E-state index in [1.807, 2.05) is 12.1 Å². The van der Waals surface area contributed by atoms with Crippen LogP contribution in [0.2, 0.25) is 0 Å². The minimum atomic E-state index is -4.08. The molecule has 32 heavy (non-hydrogen) atoms. The number of hydrogen-bond acceptors (Lipinski definition) is 6. The molecule has 0 aliphatic heterocycles. The number of rotatable bonds is 11. The van der Waals surface area contributed by atoms with E-state index in [4.69, 9.17) is 9.15 Å². The lowest BCUT2D eigenvalue weighted by molar-refractivity contribution is -0.119. The van der Waals surface area contributed by atoms with E-state index in [1.165, 1.54) is 43.5 Å². The Kier molecular flexibility index (Phi) is 8.18. The standard InChI is InChI=1S/C22H23FN2O5S2/c1-29-19-8-10-21(11-9-19)32(27,28)25(18-6-4-17(23)5-7-18)15-22(26)24-12-14-31-16-20-3-2-13-30-20/h2-11,13H,12,14-16H2,1H3,(H,24,26). The van der Waals surface area contributed by atoms with Crippen LogP contribution in [0.5, 0.6) is 5.75 Å². The number of carbonyl (C=O) groups is 1. The summed E-state index contributed by atoms with van der Waals surface area (Å²) in [5, 5.41) is 2.73. The predicted octanol–water partition coefficient (Wildman–Crippen LogP) is 3.67. The minimum Gasteiger partial charge on any atom is -0.497 e. The molecule has 1 aromatic heterocycles. The molecular weight excluding hydrogens is 455 g/mol. The van der Waals surface area contributed by atoms with Gasteiger partial charge in [0, 0.05) is 12.3 Å². The van der Waals surface area contributed by atoms with Crippen LogP contribution in [-0.2, 0) is 20.6 Å². The summed E-state index contributed by atoms with van der Waals surface area (Å²) in [4.78, 5) is 12.5. The van der Waals surface area contributed by atoms with E-state index in [0.717, 1.165) is 22.2 Å². The van der Waals surface area contributed by atoms with Crippen LogP contribution in [0.4, 0.5) is 10.1 Å². The highest BCUT2D eigenvalue weighted by Gasteiger charge is 2.27. The molecule has 0 fully saturated rings. The lowest BCUT2D eigenvalue weighted by atomic mass is 10.3. The Labute approximate surface area is 190 Å². The van der Waals surface area contributed by atoms with Gasteiger partial charge in [0.15, 0.2) is 0 Å². The van der Waals surface area contributed by atoms with Crippen molar-refractivity contribution in [2.75, 3.05) is 30.3 Å². The number of nitrogens with one attached hydrogen (secondary N) is 1. The first-order chi connectivity index (χ1) is 15.4. The zero-order valence-corrected chi connectivity index (χ0v) is 19.0. The molecule has 3 rings (SSSR count). The summed E-state index contributed by atoms with van der Waals surface area (Å²) in [6.07, 6.45) is 1.60. The van der Waals surface area contributed by atoms with Crippen molar-refractivity contribution in [3.05, 3.63) is 78.5 Å². The third-order valence-corrected chi connectivity index (χ3v) is 7.21. The predicted molar refractivity (Wildman–Crippen MR) is 122 cm³/mol. The van der Waals surface area contributed by atoms with Crippen LogP contribution in [0.15, 0.2) is 76.2 Å². The van der Waals surface area contributed by atoms with Crippen LogP contribution in [-0.4, -0.2) is 40.3 Å². The zero-order chi connectivity index (χ0) is 23.0.